The third kappa shape index (κ3) is 5.18. The predicted octanol–water partition coefficient (Wildman–Crippen LogP) is 4.51. The van der Waals surface area contributed by atoms with Gasteiger partial charge in [0.05, 0.1) is 23.3 Å². The molecule has 1 aromatic heterocycles. The number of hydrogen-bond donors (Lipinski definition) is 0. The fourth-order valence-electron chi connectivity index (χ4n) is 4.71. The van der Waals surface area contributed by atoms with E-state index < -0.39 is 17.7 Å². The topological polar surface area (TPSA) is 95.8 Å². The average Bonchev–Trinajstić information content (AvgIpc) is 3.76. The molecule has 1 aliphatic carbocycles. The van der Waals surface area contributed by atoms with Crippen LogP contribution in [0.4, 0.5) is 10.2 Å². The van der Waals surface area contributed by atoms with Crippen LogP contribution >= 0.6 is 0 Å². The van der Waals surface area contributed by atoms with Crippen LogP contribution in [0.1, 0.15) is 50.2 Å². The van der Waals surface area contributed by atoms with Gasteiger partial charge in [0.15, 0.2) is 0 Å². The normalized spacial score (nSPS) is 17.5. The van der Waals surface area contributed by atoms with Gasteiger partial charge < -0.3 is 19.3 Å². The van der Waals surface area contributed by atoms with Crippen molar-refractivity contribution in [3.05, 3.63) is 88.4 Å². The van der Waals surface area contributed by atoms with Crippen LogP contribution in [0.3, 0.4) is 0 Å². The lowest BCUT2D eigenvalue weighted by Gasteiger charge is -2.35. The first-order chi connectivity index (χ1) is 19.0. The highest BCUT2D eigenvalue weighted by molar-refractivity contribution is 6.06. The average molecular weight is 525 g/mol. The molecule has 3 heterocycles. The van der Waals surface area contributed by atoms with Crippen LogP contribution in [0.25, 0.3) is 11.8 Å². The number of aromatic nitrogens is 1. The molecule has 9 heteroatoms. The number of fused-ring (bicyclic) bond motifs is 1. The molecule has 39 heavy (non-hydrogen) atoms. The van der Waals surface area contributed by atoms with Crippen molar-refractivity contribution >= 4 is 29.5 Å². The van der Waals surface area contributed by atoms with E-state index in [1.807, 2.05) is 11.0 Å². The molecule has 0 unspecified atom stereocenters. The molecule has 3 aliphatic rings. The Morgan fingerprint density at radius 3 is 2.64 bits per heavy atom. The number of benzene rings is 2. The third-order valence-corrected chi connectivity index (χ3v) is 7.15. The van der Waals surface area contributed by atoms with Gasteiger partial charge in [-0.15, -0.1) is 0 Å². The number of piperazine rings is 1. The first-order valence-corrected chi connectivity index (χ1v) is 12.9. The number of rotatable bonds is 6. The summed E-state index contributed by atoms with van der Waals surface area (Å²) < 4.78 is 26.1. The molecule has 1 saturated heterocycles. The van der Waals surface area contributed by atoms with Crippen LogP contribution < -0.4 is 9.64 Å². The maximum absolute atomic E-state index is 14.8. The maximum atomic E-state index is 14.8. The van der Waals surface area contributed by atoms with E-state index in [0.29, 0.717) is 72.5 Å². The monoisotopic (exact) mass is 524 g/mol. The summed E-state index contributed by atoms with van der Waals surface area (Å²) in [5.41, 5.74) is 2.03. The fourth-order valence-corrected chi connectivity index (χ4v) is 4.71. The standard InChI is InChI=1S/C30H25FN4O4/c31-26-7-3-20(14-27-24-15-22(38-18-19-1-2-19)5-6-23(24)30(37)39-27)13-25(26)29(36)35-11-9-34(10-12-35)28-8-4-21(16-32)17-33-28/h3-8,13-15,17,19H,1-2,9-12,18H2. The van der Waals surface area contributed by atoms with Gasteiger partial charge in [-0.25, -0.2) is 14.2 Å². The molecular weight excluding hydrogens is 499 g/mol. The summed E-state index contributed by atoms with van der Waals surface area (Å²) in [7, 11) is 0. The van der Waals surface area contributed by atoms with Crippen molar-refractivity contribution < 1.29 is 23.5 Å². The van der Waals surface area contributed by atoms with Crippen LogP contribution in [0.5, 0.6) is 5.75 Å². The van der Waals surface area contributed by atoms with Gasteiger partial charge in [0.1, 0.15) is 29.2 Å². The second-order valence-electron chi connectivity index (χ2n) is 9.90. The van der Waals surface area contributed by atoms with E-state index >= 15 is 0 Å². The van der Waals surface area contributed by atoms with Crippen LogP contribution in [0, 0.1) is 23.1 Å². The zero-order valence-corrected chi connectivity index (χ0v) is 21.1. The smallest absolute Gasteiger partial charge is 0.344 e. The third-order valence-electron chi connectivity index (χ3n) is 7.15. The number of pyridine rings is 1. The minimum Gasteiger partial charge on any atom is -0.493 e. The Kier molecular flexibility index (Phi) is 6.45. The van der Waals surface area contributed by atoms with Crippen molar-refractivity contribution in [2.75, 3.05) is 37.7 Å². The van der Waals surface area contributed by atoms with Gasteiger partial charge in [0, 0.05) is 37.9 Å². The summed E-state index contributed by atoms with van der Waals surface area (Å²) in [5, 5.41) is 8.96. The van der Waals surface area contributed by atoms with Gasteiger partial charge >= 0.3 is 5.97 Å². The van der Waals surface area contributed by atoms with E-state index in [-0.39, 0.29) is 5.56 Å². The molecule has 0 atom stereocenters. The molecule has 1 saturated carbocycles. The van der Waals surface area contributed by atoms with E-state index in [4.69, 9.17) is 14.7 Å². The predicted molar refractivity (Wildman–Crippen MR) is 141 cm³/mol. The number of ether oxygens (including phenoxy) is 2. The number of carbonyl (C=O) groups excluding carboxylic acids is 2. The van der Waals surface area contributed by atoms with Crippen LogP contribution in [0.2, 0.25) is 0 Å². The van der Waals surface area contributed by atoms with Gasteiger partial charge in [-0.05, 0) is 72.9 Å². The molecule has 2 aromatic carbocycles. The summed E-state index contributed by atoms with van der Waals surface area (Å²) in [6.07, 6.45) is 5.50. The first-order valence-electron chi connectivity index (χ1n) is 12.9. The van der Waals surface area contributed by atoms with E-state index in [9.17, 15) is 14.0 Å². The largest absolute Gasteiger partial charge is 0.493 e. The molecule has 0 spiro atoms. The minimum absolute atomic E-state index is 0.0413. The molecular formula is C30H25FN4O4. The fraction of sp³-hybridized carbons (Fsp3) is 0.267. The van der Waals surface area contributed by atoms with Crippen molar-refractivity contribution in [3.8, 4) is 11.8 Å². The Labute approximate surface area is 224 Å². The van der Waals surface area contributed by atoms with Gasteiger partial charge in [-0.1, -0.05) is 6.07 Å². The summed E-state index contributed by atoms with van der Waals surface area (Å²) in [6, 6.07) is 15.1. The molecule has 8 nitrogen and oxygen atoms in total. The number of esters is 1. The van der Waals surface area contributed by atoms with E-state index in [0.717, 1.165) is 5.82 Å². The summed E-state index contributed by atoms with van der Waals surface area (Å²) >= 11 is 0. The summed E-state index contributed by atoms with van der Waals surface area (Å²) in [6.45, 7) is 2.52. The number of amides is 1. The summed E-state index contributed by atoms with van der Waals surface area (Å²) in [5.74, 6) is 0.844. The highest BCUT2D eigenvalue weighted by Crippen LogP contribution is 2.35. The number of nitrogens with zero attached hydrogens (tertiary/aromatic N) is 4. The van der Waals surface area contributed by atoms with Gasteiger partial charge in [0.2, 0.25) is 0 Å². The van der Waals surface area contributed by atoms with Crippen LogP contribution in [-0.4, -0.2) is 54.5 Å². The summed E-state index contributed by atoms with van der Waals surface area (Å²) in [4.78, 5) is 33.6. The van der Waals surface area contributed by atoms with E-state index in [1.54, 1.807) is 47.4 Å². The number of nitriles is 1. The lowest BCUT2D eigenvalue weighted by atomic mass is 10.0. The second-order valence-corrected chi connectivity index (χ2v) is 9.90. The Bertz CT molecular complexity index is 1520. The van der Waals surface area contributed by atoms with E-state index in [1.165, 1.54) is 31.2 Å². The molecule has 0 bridgehead atoms. The number of anilines is 1. The molecule has 2 aliphatic heterocycles. The van der Waals surface area contributed by atoms with Crippen molar-refractivity contribution in [2.24, 2.45) is 5.92 Å². The van der Waals surface area contributed by atoms with Crippen molar-refractivity contribution in [2.45, 2.75) is 12.8 Å². The number of hydrogen-bond acceptors (Lipinski definition) is 7. The first kappa shape index (κ1) is 24.6. The molecule has 196 valence electrons. The van der Waals surface area contributed by atoms with Gasteiger partial charge in [-0.3, -0.25) is 4.79 Å². The molecule has 0 N–H and O–H groups in total. The van der Waals surface area contributed by atoms with E-state index in [2.05, 4.69) is 4.98 Å². The Morgan fingerprint density at radius 1 is 1.10 bits per heavy atom. The van der Waals surface area contributed by atoms with Gasteiger partial charge in [-0.2, -0.15) is 5.26 Å². The minimum atomic E-state index is -0.613. The quantitative estimate of drug-likeness (QED) is 0.438. The molecule has 0 radical (unpaired) electrons. The lowest BCUT2D eigenvalue weighted by Crippen LogP contribution is -2.49. The van der Waals surface area contributed by atoms with Gasteiger partial charge in [0.25, 0.3) is 5.91 Å². The van der Waals surface area contributed by atoms with Crippen LogP contribution in [0.15, 0.2) is 54.7 Å². The molecule has 3 aromatic rings. The highest BCUT2D eigenvalue weighted by Gasteiger charge is 2.29. The molecule has 6 rings (SSSR count). The maximum Gasteiger partial charge on any atom is 0.344 e. The zero-order chi connectivity index (χ0) is 26.9. The second kappa shape index (κ2) is 10.2. The van der Waals surface area contributed by atoms with Crippen molar-refractivity contribution in [1.29, 1.82) is 5.26 Å². The number of cyclic esters (lactones) is 1. The number of carbonyl (C=O) groups is 2. The molecule has 1 amide bonds. The Hall–Kier alpha value is -4.71. The highest BCUT2D eigenvalue weighted by atomic mass is 19.1. The Balaban J connectivity index is 1.17. The zero-order valence-electron chi connectivity index (χ0n) is 21.1. The lowest BCUT2D eigenvalue weighted by molar-refractivity contribution is 0.0714. The van der Waals surface area contributed by atoms with Crippen LogP contribution in [-0.2, 0) is 4.74 Å². The SMILES string of the molecule is N#Cc1ccc(N2CCN(C(=O)c3cc(C=C4OC(=O)c5ccc(OCC6CC6)cc54)ccc3F)CC2)nc1. The number of halogens is 1. The molecule has 2 fully saturated rings. The van der Waals surface area contributed by atoms with Crippen molar-refractivity contribution in [1.82, 2.24) is 9.88 Å². The Morgan fingerprint density at radius 2 is 1.92 bits per heavy atom. The van der Waals surface area contributed by atoms with Crippen molar-refractivity contribution in [3.63, 3.8) is 0 Å².